The van der Waals surface area contributed by atoms with Gasteiger partial charge < -0.3 is 10.2 Å². The molecule has 3 N–H and O–H groups in total. The molecule has 0 atom stereocenters. The first-order chi connectivity index (χ1) is 13.5. The van der Waals surface area contributed by atoms with Crippen LogP contribution in [0.5, 0.6) is 11.5 Å². The van der Waals surface area contributed by atoms with E-state index in [0.717, 1.165) is 0 Å². The minimum Gasteiger partial charge on any atom is -0.506 e. The lowest BCUT2D eigenvalue weighted by Crippen LogP contribution is -2.39. The Kier molecular flexibility index (Phi) is 5.98. The summed E-state index contributed by atoms with van der Waals surface area (Å²) in [5.74, 6) is -0.864. The largest absolute Gasteiger partial charge is 0.506 e. The average molecular weight is 494 g/mol. The lowest BCUT2D eigenvalue weighted by Gasteiger charge is -2.34. The van der Waals surface area contributed by atoms with Crippen molar-refractivity contribution in [3.63, 3.8) is 0 Å². The predicted octanol–water partition coefficient (Wildman–Crippen LogP) is 5.89. The van der Waals surface area contributed by atoms with Gasteiger partial charge in [0.2, 0.25) is 0 Å². The van der Waals surface area contributed by atoms with E-state index in [-0.39, 0.29) is 36.8 Å². The van der Waals surface area contributed by atoms with E-state index in [1.165, 1.54) is 54.6 Å². The van der Waals surface area contributed by atoms with Gasteiger partial charge in [-0.25, -0.2) is 0 Å². The second-order valence-corrected chi connectivity index (χ2v) is 9.22. The highest BCUT2D eigenvalue weighted by Gasteiger charge is 2.52. The van der Waals surface area contributed by atoms with Gasteiger partial charge in [-0.15, -0.1) is 0 Å². The zero-order chi connectivity index (χ0) is 21.6. The molecule has 0 spiro atoms. The Morgan fingerprint density at radius 2 is 1.21 bits per heavy atom. The number of halogens is 4. The van der Waals surface area contributed by atoms with Crippen LogP contribution in [0.1, 0.15) is 16.7 Å². The third kappa shape index (κ3) is 3.54. The molecule has 0 fully saturated rings. The van der Waals surface area contributed by atoms with Gasteiger partial charge in [-0.3, -0.25) is 4.55 Å². The second-order valence-electron chi connectivity index (χ2n) is 6.06. The number of phenolic OH excluding ortho intramolecular Hbond substituents is 2. The normalized spacial score (nSPS) is 12.2. The fraction of sp³-hybridized carbons (Fsp3) is 0.0526. The van der Waals surface area contributed by atoms with E-state index in [4.69, 9.17) is 46.4 Å². The van der Waals surface area contributed by atoms with E-state index in [0.29, 0.717) is 0 Å². The minimum atomic E-state index is -5.12. The number of rotatable bonds is 4. The Morgan fingerprint density at radius 1 is 0.724 bits per heavy atom. The fourth-order valence-corrected chi connectivity index (χ4v) is 5.82. The van der Waals surface area contributed by atoms with Crippen molar-refractivity contribution in [3.05, 3.63) is 91.4 Å². The van der Waals surface area contributed by atoms with E-state index >= 15 is 0 Å². The highest BCUT2D eigenvalue weighted by Crippen LogP contribution is 2.52. The summed E-state index contributed by atoms with van der Waals surface area (Å²) < 4.78 is 34.0. The summed E-state index contributed by atoms with van der Waals surface area (Å²) in [4.78, 5) is 0. The van der Waals surface area contributed by atoms with E-state index in [1.54, 1.807) is 0 Å². The van der Waals surface area contributed by atoms with Gasteiger partial charge in [-0.05, 0) is 24.3 Å². The van der Waals surface area contributed by atoms with Crippen molar-refractivity contribution < 1.29 is 23.2 Å². The molecule has 0 aromatic heterocycles. The Labute approximate surface area is 186 Å². The first-order valence-electron chi connectivity index (χ1n) is 7.90. The SMILES string of the molecule is O=S(=O)(O)C(c1ccc(Cl)cc1Cl)(c1cccc(O)c1Cl)c1cccc(O)c1Cl. The van der Waals surface area contributed by atoms with Crippen LogP contribution >= 0.6 is 46.4 Å². The number of phenols is 2. The smallest absolute Gasteiger partial charge is 0.283 e. The van der Waals surface area contributed by atoms with Crippen LogP contribution < -0.4 is 0 Å². The molecule has 152 valence electrons. The molecule has 0 saturated heterocycles. The average Bonchev–Trinajstić information content (AvgIpc) is 2.62. The Balaban J connectivity index is 2.65. The molecule has 3 rings (SSSR count). The van der Waals surface area contributed by atoms with Crippen molar-refractivity contribution in [2.75, 3.05) is 0 Å². The number of benzene rings is 3. The van der Waals surface area contributed by atoms with Crippen molar-refractivity contribution in [2.45, 2.75) is 4.75 Å². The maximum atomic E-state index is 13.0. The molecule has 3 aromatic carbocycles. The summed E-state index contributed by atoms with van der Waals surface area (Å²) in [6.07, 6.45) is 0. The van der Waals surface area contributed by atoms with Crippen molar-refractivity contribution in [1.29, 1.82) is 0 Å². The summed E-state index contributed by atoms with van der Waals surface area (Å²) in [5, 5.41) is 19.6. The lowest BCUT2D eigenvalue weighted by molar-refractivity contribution is 0.455. The molecule has 0 heterocycles. The number of aromatic hydroxyl groups is 2. The van der Waals surface area contributed by atoms with Crippen LogP contribution in [-0.2, 0) is 14.9 Å². The van der Waals surface area contributed by atoms with Crippen molar-refractivity contribution >= 4 is 56.5 Å². The molecule has 0 unspecified atom stereocenters. The van der Waals surface area contributed by atoms with Crippen LogP contribution in [0.3, 0.4) is 0 Å². The van der Waals surface area contributed by atoms with Gasteiger partial charge in [-0.2, -0.15) is 8.42 Å². The first kappa shape index (κ1) is 22.0. The monoisotopic (exact) mass is 492 g/mol. The summed E-state index contributed by atoms with van der Waals surface area (Å²) in [6.45, 7) is 0. The molecule has 0 aliphatic heterocycles. The zero-order valence-electron chi connectivity index (χ0n) is 14.3. The summed E-state index contributed by atoms with van der Waals surface area (Å²) >= 11 is 24.8. The molecule has 0 amide bonds. The molecule has 3 aromatic rings. The van der Waals surface area contributed by atoms with Crippen LogP contribution in [0, 0.1) is 0 Å². The molecule has 0 bridgehead atoms. The maximum Gasteiger partial charge on any atom is 0.283 e. The topological polar surface area (TPSA) is 94.8 Å². The molecule has 0 aliphatic carbocycles. The van der Waals surface area contributed by atoms with E-state index in [9.17, 15) is 23.2 Å². The van der Waals surface area contributed by atoms with Gasteiger partial charge in [0.25, 0.3) is 10.1 Å². The van der Waals surface area contributed by atoms with Crippen LogP contribution in [-0.4, -0.2) is 23.2 Å². The maximum absolute atomic E-state index is 13.0. The lowest BCUT2D eigenvalue weighted by atomic mass is 9.83. The fourth-order valence-electron chi connectivity index (χ4n) is 3.21. The first-order valence-corrected chi connectivity index (χ1v) is 10.9. The Bertz CT molecular complexity index is 1160. The van der Waals surface area contributed by atoms with Crippen LogP contribution in [0.25, 0.3) is 0 Å². The van der Waals surface area contributed by atoms with Gasteiger partial charge in [-0.1, -0.05) is 76.7 Å². The molecule has 10 heteroatoms. The van der Waals surface area contributed by atoms with Gasteiger partial charge in [0, 0.05) is 26.7 Å². The molecular weight excluding hydrogens is 482 g/mol. The molecule has 0 aliphatic rings. The highest BCUT2D eigenvalue weighted by molar-refractivity contribution is 7.87. The van der Waals surface area contributed by atoms with E-state index in [1.807, 2.05) is 0 Å². The zero-order valence-corrected chi connectivity index (χ0v) is 18.1. The Hall–Kier alpha value is -1.67. The number of hydrogen-bond donors (Lipinski definition) is 3. The van der Waals surface area contributed by atoms with Crippen molar-refractivity contribution in [3.8, 4) is 11.5 Å². The third-order valence-corrected chi connectivity index (χ3v) is 7.19. The van der Waals surface area contributed by atoms with E-state index < -0.39 is 26.4 Å². The quantitative estimate of drug-likeness (QED) is 0.311. The van der Waals surface area contributed by atoms with Gasteiger partial charge >= 0.3 is 0 Å². The standard InChI is InChI=1S/C19H12Cl4O5S/c20-10-7-8-11(14(21)9-10)19(29(26,27)28,12-3-1-5-15(24)17(12)22)13-4-2-6-16(25)18(13)23/h1-9,24-25H,(H,26,27,28). The Morgan fingerprint density at radius 3 is 1.62 bits per heavy atom. The van der Waals surface area contributed by atoms with Crippen molar-refractivity contribution in [2.24, 2.45) is 0 Å². The molecule has 0 saturated carbocycles. The summed E-state index contributed by atoms with van der Waals surface area (Å²) in [7, 11) is -5.12. The molecular formula is C19H12Cl4O5S. The van der Waals surface area contributed by atoms with Gasteiger partial charge in [0.05, 0.1) is 10.0 Å². The second kappa shape index (κ2) is 7.87. The van der Waals surface area contributed by atoms with Gasteiger partial charge in [0.1, 0.15) is 11.5 Å². The highest BCUT2D eigenvalue weighted by atomic mass is 35.5. The number of hydrogen-bond acceptors (Lipinski definition) is 4. The predicted molar refractivity (Wildman–Crippen MR) is 114 cm³/mol. The van der Waals surface area contributed by atoms with Crippen molar-refractivity contribution in [1.82, 2.24) is 0 Å². The third-order valence-electron chi connectivity index (χ3n) is 4.41. The molecule has 29 heavy (non-hydrogen) atoms. The molecule has 0 radical (unpaired) electrons. The summed E-state index contributed by atoms with van der Waals surface area (Å²) in [5.41, 5.74) is -0.581. The van der Waals surface area contributed by atoms with Crippen LogP contribution in [0.4, 0.5) is 0 Å². The van der Waals surface area contributed by atoms with Crippen LogP contribution in [0.2, 0.25) is 20.1 Å². The summed E-state index contributed by atoms with van der Waals surface area (Å²) in [6, 6.07) is 11.7. The van der Waals surface area contributed by atoms with Gasteiger partial charge in [0.15, 0.2) is 4.75 Å². The minimum absolute atomic E-state index is 0.117. The van der Waals surface area contributed by atoms with E-state index in [2.05, 4.69) is 0 Å². The van der Waals surface area contributed by atoms with Crippen LogP contribution in [0.15, 0.2) is 54.6 Å². The molecule has 5 nitrogen and oxygen atoms in total.